The number of hydrogen-bond acceptors (Lipinski definition) is 11. The van der Waals surface area contributed by atoms with Crippen molar-refractivity contribution in [3.8, 4) is 0 Å². The summed E-state index contributed by atoms with van der Waals surface area (Å²) in [5.41, 5.74) is 27.7. The molecule has 0 radical (unpaired) electrons. The number of nitrogens with two attached hydrogens (primary N) is 1. The third kappa shape index (κ3) is 15.5. The van der Waals surface area contributed by atoms with Gasteiger partial charge in [0.1, 0.15) is 22.9 Å². The van der Waals surface area contributed by atoms with Gasteiger partial charge in [0.2, 0.25) is 5.91 Å². The van der Waals surface area contributed by atoms with Crippen molar-refractivity contribution in [3.05, 3.63) is 270 Å². The maximum atomic E-state index is 13.3. The molecule has 6 aromatic heterocycles. The molecule has 10 heterocycles. The molecule has 4 aliphatic heterocycles. The zero-order valence-corrected chi connectivity index (χ0v) is 61.2. The van der Waals surface area contributed by atoms with E-state index in [1.54, 1.807) is 67.0 Å². The van der Waals surface area contributed by atoms with Crippen LogP contribution in [0.4, 0.5) is 8.78 Å². The molecule has 103 heavy (non-hydrogen) atoms. The first-order valence-corrected chi connectivity index (χ1v) is 36.0. The lowest BCUT2D eigenvalue weighted by Gasteiger charge is -2.29. The number of nitrogens with zero attached hydrogens (tertiary/aromatic N) is 10. The van der Waals surface area contributed by atoms with Gasteiger partial charge in [0.25, 0.3) is 0 Å². The molecule has 4 aliphatic rings. The molecular formula is C84H94ClF2N11O5. The van der Waals surface area contributed by atoms with Gasteiger partial charge < -0.3 is 64.0 Å². The number of aliphatic hydroxyl groups excluding tert-OH is 3. The van der Waals surface area contributed by atoms with Crippen LogP contribution in [-0.4, -0.2) is 129 Å². The molecule has 6 N–H and O–H groups in total. The van der Waals surface area contributed by atoms with Gasteiger partial charge in [-0.25, -0.2) is 13.8 Å². The number of aromatic nitrogens is 6. The second kappa shape index (κ2) is 30.4. The maximum absolute atomic E-state index is 13.3. The molecule has 0 saturated carbocycles. The Morgan fingerprint density at radius 3 is 1.35 bits per heavy atom. The number of carbonyl (C=O) groups excluding carboxylic acids is 1. The number of halogens is 3. The molecule has 6 aromatic carbocycles. The van der Waals surface area contributed by atoms with Crippen molar-refractivity contribution in [1.29, 1.82) is 0 Å². The predicted molar refractivity (Wildman–Crippen MR) is 406 cm³/mol. The number of aryl methyl sites for hydroxylation is 4. The van der Waals surface area contributed by atoms with Crippen molar-refractivity contribution in [2.24, 2.45) is 5.73 Å². The van der Waals surface area contributed by atoms with E-state index in [2.05, 4.69) is 164 Å². The van der Waals surface area contributed by atoms with Crippen LogP contribution in [0.1, 0.15) is 125 Å². The summed E-state index contributed by atoms with van der Waals surface area (Å²) in [5.74, 6) is -1.03. The van der Waals surface area contributed by atoms with Crippen molar-refractivity contribution in [2.45, 2.75) is 137 Å². The zero-order chi connectivity index (χ0) is 72.7. The van der Waals surface area contributed by atoms with Crippen LogP contribution in [0.5, 0.6) is 0 Å². The highest BCUT2D eigenvalue weighted by Gasteiger charge is 2.32. The summed E-state index contributed by atoms with van der Waals surface area (Å²) in [7, 11) is 8.59. The number of aliphatic hydroxyl groups is 4. The lowest BCUT2D eigenvalue weighted by molar-refractivity contribution is 0.0384. The second-order valence-electron chi connectivity index (χ2n) is 29.3. The van der Waals surface area contributed by atoms with E-state index >= 15 is 0 Å². The summed E-state index contributed by atoms with van der Waals surface area (Å²) in [4.78, 5) is 29.2. The molecule has 0 bridgehead atoms. The van der Waals surface area contributed by atoms with Crippen molar-refractivity contribution in [2.75, 3.05) is 54.4 Å². The maximum Gasteiger partial charge on any atom is 0.248 e. The van der Waals surface area contributed by atoms with Gasteiger partial charge in [0.05, 0.1) is 49.5 Å². The van der Waals surface area contributed by atoms with E-state index in [0.717, 1.165) is 112 Å². The fourth-order valence-corrected chi connectivity index (χ4v) is 15.9. The van der Waals surface area contributed by atoms with Gasteiger partial charge >= 0.3 is 0 Å². The topological polar surface area (TPSA) is 182 Å². The van der Waals surface area contributed by atoms with E-state index in [9.17, 15) is 34.0 Å². The number of carbonyl (C=O) groups is 1. The third-order valence-corrected chi connectivity index (χ3v) is 21.5. The van der Waals surface area contributed by atoms with Crippen LogP contribution in [0.2, 0.25) is 5.02 Å². The summed E-state index contributed by atoms with van der Waals surface area (Å²) < 4.78 is 35.4. The van der Waals surface area contributed by atoms with E-state index in [-0.39, 0.29) is 11.6 Å². The Hall–Kier alpha value is -8.92. The van der Waals surface area contributed by atoms with Crippen LogP contribution in [0.25, 0.3) is 43.7 Å². The Balaban J connectivity index is 0.000000122. The van der Waals surface area contributed by atoms with Crippen LogP contribution < -0.4 is 5.73 Å². The molecule has 0 aliphatic carbocycles. The minimum atomic E-state index is -1.07. The van der Waals surface area contributed by atoms with Crippen molar-refractivity contribution < 1.29 is 34.0 Å². The molecule has 4 atom stereocenters. The largest absolute Gasteiger partial charge is 0.387 e. The van der Waals surface area contributed by atoms with E-state index in [4.69, 9.17) is 17.3 Å². The molecule has 536 valence electrons. The molecule has 12 aromatic rings. The number of hydrogen-bond donors (Lipinski definition) is 5. The standard InChI is InChI=1S/C22H25FN2O.C22H25N3O2.C20H22ClN3O.C20H22FN3O/c1-15-4-9-20-18(12-15)19-13-24(3)11-10-21(19)25(20)14-22(2,26)16-5-7-17(23)8-6-16;1-14-3-8-19-17(11-14)18-12-24(2)10-9-20(18)25(19)13-21(26)15-4-6-16(7-5-15)22(23)27;1-13-3-4-18-15(9-13)16-11-23(2)8-6-19(16)24(18)12-20(25)14-5-7-22-10-17(14)21;1-13-9-16-17-11-23(2)8-7-18(17)24(20(16)22-10-13)12-19(25)14-3-5-15(21)6-4-14/h4-9,12,26H,10-11,13-14H2,1-3H3;3-8,11,21,26H,9-10,12-13H2,1-2H3,(H2,23,27);3-5,7,9-10,20,25H,6,8,11-12H2,1-2H3;3-6,9-10,19,25H,7-8,11-12H2,1-2H3. The fraction of sp³-hybridized carbons (Fsp3) is 0.345. The Bertz CT molecular complexity index is 5080. The third-order valence-electron chi connectivity index (χ3n) is 21.2. The van der Waals surface area contributed by atoms with Crippen LogP contribution in [0.15, 0.2) is 158 Å². The van der Waals surface area contributed by atoms with E-state index in [1.807, 2.05) is 13.1 Å². The first-order valence-electron chi connectivity index (χ1n) is 35.7. The minimum Gasteiger partial charge on any atom is -0.387 e. The Labute approximate surface area is 606 Å². The highest BCUT2D eigenvalue weighted by Crippen LogP contribution is 2.39. The quantitative estimate of drug-likeness (QED) is 0.0741. The SMILES string of the molecule is Cc1ccc2c(c1)c1c(n2CC(C)(O)c2ccc(F)cc2)CCN(C)C1.Cc1ccc2c(c1)c1c(n2CC(O)c2ccc(C(N)=O)cc2)CCN(C)C1.Cc1ccc2c(c1)c1c(n2CC(O)c2ccncc2Cl)CCN(C)C1.Cc1cnc2c(c1)c1c(n2CC(O)c2ccc(F)cc2)CCN(C)C1. The van der Waals surface area contributed by atoms with Gasteiger partial charge in [-0.05, 0) is 192 Å². The van der Waals surface area contributed by atoms with Crippen LogP contribution in [0, 0.1) is 39.3 Å². The van der Waals surface area contributed by atoms with Crippen molar-refractivity contribution >= 4 is 61.3 Å². The number of benzene rings is 6. The van der Waals surface area contributed by atoms with Gasteiger partial charge in [-0.1, -0.05) is 82.9 Å². The lowest BCUT2D eigenvalue weighted by Crippen LogP contribution is -2.31. The van der Waals surface area contributed by atoms with Gasteiger partial charge in [-0.2, -0.15) is 0 Å². The molecule has 1 amide bonds. The average Bonchev–Trinajstić information content (AvgIpc) is 1.63. The van der Waals surface area contributed by atoms with Gasteiger partial charge in [0.15, 0.2) is 0 Å². The number of likely N-dealkylation sites (N-methyl/N-ethyl adjacent to an activating group) is 4. The van der Waals surface area contributed by atoms with Crippen LogP contribution in [0.3, 0.4) is 0 Å². The first kappa shape index (κ1) is 72.4. The number of rotatable bonds is 13. The van der Waals surface area contributed by atoms with Gasteiger partial charge in [-0.15, -0.1) is 0 Å². The van der Waals surface area contributed by atoms with Crippen molar-refractivity contribution in [1.82, 2.24) is 47.8 Å². The van der Waals surface area contributed by atoms with Gasteiger partial charge in [-0.3, -0.25) is 9.78 Å². The van der Waals surface area contributed by atoms with Crippen molar-refractivity contribution in [3.63, 3.8) is 0 Å². The normalized spacial score (nSPS) is 16.3. The zero-order valence-electron chi connectivity index (χ0n) is 60.4. The number of primary amides is 1. The lowest BCUT2D eigenvalue weighted by atomic mass is 9.95. The molecule has 4 unspecified atom stereocenters. The number of pyridine rings is 2. The highest BCUT2D eigenvalue weighted by atomic mass is 35.5. The van der Waals surface area contributed by atoms with E-state index < -0.39 is 29.8 Å². The number of fused-ring (bicyclic) bond motifs is 12. The predicted octanol–water partition coefficient (Wildman–Crippen LogP) is 13.7. The molecule has 16 rings (SSSR count). The molecular weight excluding hydrogens is 1320 g/mol. The Morgan fingerprint density at radius 1 is 0.505 bits per heavy atom. The summed E-state index contributed by atoms with van der Waals surface area (Å²) in [6, 6.07) is 42.7. The molecule has 19 heteroatoms. The molecule has 0 saturated heterocycles. The Morgan fingerprint density at radius 2 is 0.893 bits per heavy atom. The van der Waals surface area contributed by atoms with E-state index in [1.165, 1.54) is 124 Å². The summed E-state index contributed by atoms with van der Waals surface area (Å²) in [5, 5.41) is 49.0. The highest BCUT2D eigenvalue weighted by molar-refractivity contribution is 6.31. The van der Waals surface area contributed by atoms with Crippen LogP contribution in [-0.2, 0) is 83.6 Å². The van der Waals surface area contributed by atoms with Crippen LogP contribution >= 0.6 is 11.6 Å². The first-order chi connectivity index (χ1) is 49.4. The minimum absolute atomic E-state index is 0.285. The summed E-state index contributed by atoms with van der Waals surface area (Å²) in [6.45, 7) is 19.9. The van der Waals surface area contributed by atoms with E-state index in [0.29, 0.717) is 36.8 Å². The Kier molecular flexibility index (Phi) is 21.4. The molecule has 16 nitrogen and oxygen atoms in total. The van der Waals surface area contributed by atoms with Gasteiger partial charge in [0, 0.05) is 169 Å². The second-order valence-corrected chi connectivity index (χ2v) is 29.7. The smallest absolute Gasteiger partial charge is 0.248 e. The number of amides is 1. The molecule has 0 spiro atoms. The monoisotopic (exact) mass is 1410 g/mol. The summed E-state index contributed by atoms with van der Waals surface area (Å²) >= 11 is 6.22. The fourth-order valence-electron chi connectivity index (χ4n) is 15.7. The average molecular weight is 1410 g/mol. The molecule has 0 fully saturated rings. The summed E-state index contributed by atoms with van der Waals surface area (Å²) in [6.07, 6.45) is 7.03.